The maximum absolute atomic E-state index is 12.2. The van der Waals surface area contributed by atoms with E-state index < -0.39 is 6.09 Å². The van der Waals surface area contributed by atoms with Crippen LogP contribution < -0.4 is 10.1 Å². The van der Waals surface area contributed by atoms with E-state index in [1.807, 2.05) is 24.3 Å². The highest BCUT2D eigenvalue weighted by Crippen LogP contribution is 2.44. The SMILES string of the molecule is COc1cc(C=O)cc(C=CCNC(=O)OCC2c3ccccc3-c3ccccc32)c1O. The Morgan fingerprint density at radius 1 is 1.06 bits per heavy atom. The number of alkyl carbamates (subject to hydrolysis) is 1. The van der Waals surface area contributed by atoms with Gasteiger partial charge in [0, 0.05) is 23.6 Å². The fourth-order valence-corrected chi connectivity index (χ4v) is 3.98. The number of phenols is 1. The molecule has 0 aromatic heterocycles. The number of ether oxygens (including phenoxy) is 2. The lowest BCUT2D eigenvalue weighted by Crippen LogP contribution is -2.26. The zero-order valence-corrected chi connectivity index (χ0v) is 17.6. The first-order valence-electron chi connectivity index (χ1n) is 10.2. The van der Waals surface area contributed by atoms with Crippen LogP contribution in [0.1, 0.15) is 33.0 Å². The highest BCUT2D eigenvalue weighted by molar-refractivity contribution is 5.80. The lowest BCUT2D eigenvalue weighted by atomic mass is 9.98. The highest BCUT2D eigenvalue weighted by Gasteiger charge is 2.28. The lowest BCUT2D eigenvalue weighted by Gasteiger charge is -2.14. The third kappa shape index (κ3) is 4.21. The van der Waals surface area contributed by atoms with Crippen molar-refractivity contribution in [1.82, 2.24) is 5.32 Å². The number of aldehydes is 1. The van der Waals surface area contributed by atoms with E-state index in [1.54, 1.807) is 12.2 Å². The Morgan fingerprint density at radius 3 is 2.34 bits per heavy atom. The molecular formula is C26H23NO5. The summed E-state index contributed by atoms with van der Waals surface area (Å²) in [4.78, 5) is 23.3. The van der Waals surface area contributed by atoms with Gasteiger partial charge in [0.2, 0.25) is 0 Å². The molecule has 0 fully saturated rings. The number of hydrogen-bond donors (Lipinski definition) is 2. The normalized spacial score (nSPS) is 12.3. The number of phenolic OH excluding ortho intramolecular Hbond substituents is 1. The number of carbonyl (C=O) groups is 2. The topological polar surface area (TPSA) is 84.9 Å². The van der Waals surface area contributed by atoms with Crippen molar-refractivity contribution in [3.8, 4) is 22.6 Å². The Hall–Kier alpha value is -4.06. The van der Waals surface area contributed by atoms with Crippen LogP contribution in [0.15, 0.2) is 66.7 Å². The van der Waals surface area contributed by atoms with E-state index in [9.17, 15) is 14.7 Å². The second-order valence-corrected chi connectivity index (χ2v) is 7.39. The number of amides is 1. The molecule has 6 heteroatoms. The number of nitrogens with one attached hydrogen (secondary N) is 1. The van der Waals surface area contributed by atoms with Crippen LogP contribution >= 0.6 is 0 Å². The van der Waals surface area contributed by atoms with E-state index >= 15 is 0 Å². The van der Waals surface area contributed by atoms with E-state index in [0.29, 0.717) is 17.4 Å². The monoisotopic (exact) mass is 429 g/mol. The molecule has 0 bridgehead atoms. The zero-order valence-electron chi connectivity index (χ0n) is 17.6. The van der Waals surface area contributed by atoms with Gasteiger partial charge in [-0.2, -0.15) is 0 Å². The molecule has 0 aliphatic heterocycles. The average molecular weight is 429 g/mol. The Balaban J connectivity index is 1.35. The molecule has 1 aliphatic rings. The van der Waals surface area contributed by atoms with E-state index in [4.69, 9.17) is 9.47 Å². The van der Waals surface area contributed by atoms with Crippen LogP contribution in [-0.4, -0.2) is 37.7 Å². The van der Waals surface area contributed by atoms with Gasteiger partial charge in [-0.1, -0.05) is 60.7 Å². The number of aromatic hydroxyl groups is 1. The number of carbonyl (C=O) groups excluding carboxylic acids is 2. The molecule has 2 N–H and O–H groups in total. The van der Waals surface area contributed by atoms with Crippen LogP contribution in [0.4, 0.5) is 4.79 Å². The van der Waals surface area contributed by atoms with Gasteiger partial charge < -0.3 is 19.9 Å². The lowest BCUT2D eigenvalue weighted by molar-refractivity contribution is 0.112. The number of benzene rings is 3. The molecule has 3 aromatic rings. The minimum Gasteiger partial charge on any atom is -0.504 e. The summed E-state index contributed by atoms with van der Waals surface area (Å²) in [6, 6.07) is 19.3. The van der Waals surface area contributed by atoms with Crippen LogP contribution in [0.2, 0.25) is 0 Å². The van der Waals surface area contributed by atoms with Crippen LogP contribution in [0.5, 0.6) is 11.5 Å². The van der Waals surface area contributed by atoms with Crippen LogP contribution in [0.25, 0.3) is 17.2 Å². The van der Waals surface area contributed by atoms with Crippen molar-refractivity contribution in [2.45, 2.75) is 5.92 Å². The van der Waals surface area contributed by atoms with E-state index in [1.165, 1.54) is 30.4 Å². The second kappa shape index (κ2) is 9.39. The molecule has 0 saturated carbocycles. The summed E-state index contributed by atoms with van der Waals surface area (Å²) in [5.41, 5.74) is 5.45. The smallest absolute Gasteiger partial charge is 0.407 e. The molecule has 0 saturated heterocycles. The third-order valence-corrected chi connectivity index (χ3v) is 5.49. The van der Waals surface area contributed by atoms with Crippen molar-refractivity contribution < 1.29 is 24.2 Å². The van der Waals surface area contributed by atoms with Gasteiger partial charge in [-0.05, 0) is 34.4 Å². The van der Waals surface area contributed by atoms with Gasteiger partial charge >= 0.3 is 6.09 Å². The number of methoxy groups -OCH3 is 1. The second-order valence-electron chi connectivity index (χ2n) is 7.39. The highest BCUT2D eigenvalue weighted by atomic mass is 16.5. The molecular weight excluding hydrogens is 406 g/mol. The maximum Gasteiger partial charge on any atom is 0.407 e. The average Bonchev–Trinajstić information content (AvgIpc) is 3.15. The summed E-state index contributed by atoms with van der Waals surface area (Å²) in [5.74, 6) is 0.133. The maximum atomic E-state index is 12.2. The molecule has 0 spiro atoms. The minimum absolute atomic E-state index is 0.000755. The van der Waals surface area contributed by atoms with Crippen LogP contribution in [-0.2, 0) is 4.74 Å². The minimum atomic E-state index is -0.528. The van der Waals surface area contributed by atoms with Gasteiger partial charge in [0.1, 0.15) is 12.9 Å². The van der Waals surface area contributed by atoms with Gasteiger partial charge in [-0.15, -0.1) is 0 Å². The summed E-state index contributed by atoms with van der Waals surface area (Å²) in [5, 5.41) is 12.8. The fourth-order valence-electron chi connectivity index (χ4n) is 3.98. The molecule has 1 aliphatic carbocycles. The van der Waals surface area contributed by atoms with E-state index in [0.717, 1.165) is 11.1 Å². The largest absolute Gasteiger partial charge is 0.504 e. The number of fused-ring (bicyclic) bond motifs is 3. The first kappa shape index (κ1) is 21.2. The van der Waals surface area contributed by atoms with E-state index in [-0.39, 0.29) is 30.6 Å². The molecule has 4 rings (SSSR count). The first-order chi connectivity index (χ1) is 15.6. The van der Waals surface area contributed by atoms with Crippen LogP contribution in [0, 0.1) is 0 Å². The van der Waals surface area contributed by atoms with Crippen LogP contribution in [0.3, 0.4) is 0 Å². The van der Waals surface area contributed by atoms with Gasteiger partial charge in [0.15, 0.2) is 11.5 Å². The third-order valence-electron chi connectivity index (χ3n) is 5.49. The van der Waals surface area contributed by atoms with Gasteiger partial charge in [0.05, 0.1) is 7.11 Å². The van der Waals surface area contributed by atoms with Crippen molar-refractivity contribution >= 4 is 18.5 Å². The first-order valence-corrected chi connectivity index (χ1v) is 10.2. The molecule has 0 atom stereocenters. The summed E-state index contributed by atoms with van der Waals surface area (Å²) in [7, 11) is 1.41. The zero-order chi connectivity index (χ0) is 22.5. The molecule has 1 amide bonds. The van der Waals surface area contributed by atoms with Gasteiger partial charge in [0.25, 0.3) is 0 Å². The summed E-state index contributed by atoms with van der Waals surface area (Å²) < 4.78 is 10.6. The Labute approximate surface area is 186 Å². The molecule has 6 nitrogen and oxygen atoms in total. The molecule has 0 unspecified atom stereocenters. The predicted molar refractivity (Wildman–Crippen MR) is 122 cm³/mol. The fraction of sp³-hybridized carbons (Fsp3) is 0.154. The molecule has 32 heavy (non-hydrogen) atoms. The quantitative estimate of drug-likeness (QED) is 0.529. The van der Waals surface area contributed by atoms with Crippen molar-refractivity contribution in [2.24, 2.45) is 0 Å². The van der Waals surface area contributed by atoms with Crippen molar-refractivity contribution in [3.63, 3.8) is 0 Å². The van der Waals surface area contributed by atoms with Gasteiger partial charge in [-0.25, -0.2) is 4.79 Å². The summed E-state index contributed by atoms with van der Waals surface area (Å²) in [6.07, 6.45) is 3.41. The van der Waals surface area contributed by atoms with Crippen molar-refractivity contribution in [3.05, 3.63) is 89.0 Å². The summed E-state index contributed by atoms with van der Waals surface area (Å²) in [6.45, 7) is 0.437. The predicted octanol–water partition coefficient (Wildman–Crippen LogP) is 4.77. The van der Waals surface area contributed by atoms with Crippen molar-refractivity contribution in [1.29, 1.82) is 0 Å². The Morgan fingerprint density at radius 2 is 1.72 bits per heavy atom. The number of hydrogen-bond acceptors (Lipinski definition) is 5. The standard InChI is InChI=1S/C26H23NO5/c1-31-24-14-17(15-28)13-18(25(24)29)7-6-12-27-26(30)32-16-23-21-10-4-2-8-19(21)20-9-3-5-11-22(20)23/h2-11,13-15,23,29H,12,16H2,1H3,(H,27,30). The molecule has 3 aromatic carbocycles. The van der Waals surface area contributed by atoms with E-state index in [2.05, 4.69) is 29.6 Å². The Kier molecular flexibility index (Phi) is 6.22. The summed E-state index contributed by atoms with van der Waals surface area (Å²) >= 11 is 0. The Bertz CT molecular complexity index is 1140. The van der Waals surface area contributed by atoms with Gasteiger partial charge in [-0.3, -0.25) is 4.79 Å². The molecule has 0 radical (unpaired) electrons. The molecule has 0 heterocycles. The molecule has 162 valence electrons. The van der Waals surface area contributed by atoms with Crippen molar-refractivity contribution in [2.75, 3.05) is 20.3 Å². The number of rotatable bonds is 7.